The molecule has 1 aromatic carbocycles. The summed E-state index contributed by atoms with van der Waals surface area (Å²) in [7, 11) is 1.95. The summed E-state index contributed by atoms with van der Waals surface area (Å²) in [6.45, 7) is 8.26. The zero-order chi connectivity index (χ0) is 18.1. The van der Waals surface area contributed by atoms with Gasteiger partial charge in [-0.3, -0.25) is 4.68 Å². The van der Waals surface area contributed by atoms with Crippen LogP contribution < -0.4 is 10.6 Å². The van der Waals surface area contributed by atoms with E-state index in [2.05, 4.69) is 53.8 Å². The van der Waals surface area contributed by atoms with Crippen LogP contribution in [0, 0.1) is 20.8 Å². The molecule has 3 rings (SSSR count). The lowest BCUT2D eigenvalue weighted by atomic mass is 10.0. The fourth-order valence-electron chi connectivity index (χ4n) is 3.61. The van der Waals surface area contributed by atoms with Gasteiger partial charge in [-0.25, -0.2) is 4.79 Å². The number of urea groups is 1. The van der Waals surface area contributed by atoms with Crippen molar-refractivity contribution in [3.63, 3.8) is 0 Å². The molecule has 1 fully saturated rings. The Bertz CT molecular complexity index is 780. The van der Waals surface area contributed by atoms with Crippen molar-refractivity contribution in [2.24, 2.45) is 7.05 Å². The van der Waals surface area contributed by atoms with Gasteiger partial charge >= 0.3 is 6.03 Å². The van der Waals surface area contributed by atoms with Crippen molar-refractivity contribution in [1.82, 2.24) is 20.4 Å². The molecule has 0 spiro atoms. The molecule has 0 aliphatic heterocycles. The normalized spacial score (nSPS) is 20.2. The maximum absolute atomic E-state index is 12.3. The molecule has 0 radical (unpaired) electrons. The minimum atomic E-state index is -0.0761. The number of carbonyl (C=O) groups is 1. The van der Waals surface area contributed by atoms with Gasteiger partial charge < -0.3 is 10.6 Å². The van der Waals surface area contributed by atoms with Gasteiger partial charge in [0, 0.05) is 30.7 Å². The van der Waals surface area contributed by atoms with Crippen molar-refractivity contribution in [3.05, 3.63) is 52.3 Å². The van der Waals surface area contributed by atoms with E-state index >= 15 is 0 Å². The molecule has 1 aliphatic carbocycles. The number of aryl methyl sites for hydroxylation is 3. The molecule has 3 atom stereocenters. The number of rotatable bonds is 5. The lowest BCUT2D eigenvalue weighted by Crippen LogP contribution is -2.43. The van der Waals surface area contributed by atoms with E-state index in [0.29, 0.717) is 5.92 Å². The average Bonchev–Trinajstić information content (AvgIpc) is 3.25. The lowest BCUT2D eigenvalue weighted by Gasteiger charge is -2.15. The van der Waals surface area contributed by atoms with Crippen LogP contribution in [0.15, 0.2) is 24.3 Å². The average molecular weight is 340 g/mol. The van der Waals surface area contributed by atoms with Crippen molar-refractivity contribution < 1.29 is 4.79 Å². The molecule has 2 amide bonds. The first-order chi connectivity index (χ1) is 11.9. The predicted octanol–water partition coefficient (Wildman–Crippen LogP) is 3.13. The van der Waals surface area contributed by atoms with Gasteiger partial charge in [0.05, 0.1) is 5.69 Å². The fraction of sp³-hybridized carbons (Fsp3) is 0.500. The minimum Gasteiger partial charge on any atom is -0.335 e. The first-order valence-corrected chi connectivity index (χ1v) is 8.98. The van der Waals surface area contributed by atoms with E-state index in [9.17, 15) is 4.79 Å². The number of aromatic nitrogens is 2. The van der Waals surface area contributed by atoms with Crippen LogP contribution in [0.5, 0.6) is 0 Å². The first-order valence-electron chi connectivity index (χ1n) is 8.98. The summed E-state index contributed by atoms with van der Waals surface area (Å²) in [6.07, 6.45) is 1.82. The van der Waals surface area contributed by atoms with Crippen molar-refractivity contribution in [1.29, 1.82) is 0 Å². The third-order valence-corrected chi connectivity index (χ3v) is 5.24. The third-order valence-electron chi connectivity index (χ3n) is 5.24. The molecule has 1 saturated carbocycles. The third kappa shape index (κ3) is 3.86. The number of hydrogen-bond acceptors (Lipinski definition) is 2. The number of benzene rings is 1. The van der Waals surface area contributed by atoms with Crippen LogP contribution in [-0.2, 0) is 13.5 Å². The highest BCUT2D eigenvalue weighted by atomic mass is 16.2. The van der Waals surface area contributed by atoms with Gasteiger partial charge in [-0.05, 0) is 57.2 Å². The standard InChI is InChI=1S/C20H28N4O/c1-12-8-6-7-9-16(12)18-11-19(18)22-20(25)21-13(2)10-17-14(3)23-24(5)15(17)4/h6-9,13,18-19H,10-11H2,1-5H3,(H2,21,22,25)/t13-,18-,19-/m1/s1. The van der Waals surface area contributed by atoms with Crippen molar-refractivity contribution in [2.45, 2.75) is 58.5 Å². The van der Waals surface area contributed by atoms with E-state index in [1.54, 1.807) is 0 Å². The van der Waals surface area contributed by atoms with Gasteiger partial charge in [-0.2, -0.15) is 5.10 Å². The van der Waals surface area contributed by atoms with E-state index in [0.717, 1.165) is 24.2 Å². The molecule has 25 heavy (non-hydrogen) atoms. The highest BCUT2D eigenvalue weighted by Crippen LogP contribution is 2.42. The molecular formula is C20H28N4O. The van der Waals surface area contributed by atoms with Crippen LogP contribution in [0.25, 0.3) is 0 Å². The minimum absolute atomic E-state index is 0.0669. The Morgan fingerprint density at radius 3 is 2.68 bits per heavy atom. The van der Waals surface area contributed by atoms with E-state index in [1.807, 2.05) is 25.6 Å². The quantitative estimate of drug-likeness (QED) is 0.878. The molecule has 1 heterocycles. The molecule has 0 saturated heterocycles. The van der Waals surface area contributed by atoms with Gasteiger partial charge in [-0.1, -0.05) is 24.3 Å². The van der Waals surface area contributed by atoms with Gasteiger partial charge in [0.1, 0.15) is 0 Å². The lowest BCUT2D eigenvalue weighted by molar-refractivity contribution is 0.237. The van der Waals surface area contributed by atoms with Gasteiger partial charge in [0.25, 0.3) is 0 Å². The summed E-state index contributed by atoms with van der Waals surface area (Å²) >= 11 is 0. The number of hydrogen-bond donors (Lipinski definition) is 2. The highest BCUT2D eigenvalue weighted by molar-refractivity contribution is 5.75. The Morgan fingerprint density at radius 2 is 2.04 bits per heavy atom. The van der Waals surface area contributed by atoms with Crippen molar-refractivity contribution in [2.75, 3.05) is 0 Å². The summed E-state index contributed by atoms with van der Waals surface area (Å²) in [6, 6.07) is 8.65. The summed E-state index contributed by atoms with van der Waals surface area (Å²) < 4.78 is 1.90. The van der Waals surface area contributed by atoms with Gasteiger partial charge in [-0.15, -0.1) is 0 Å². The fourth-order valence-corrected chi connectivity index (χ4v) is 3.61. The van der Waals surface area contributed by atoms with Gasteiger partial charge in [0.2, 0.25) is 0 Å². The molecule has 0 unspecified atom stereocenters. The largest absolute Gasteiger partial charge is 0.335 e. The zero-order valence-electron chi connectivity index (χ0n) is 15.8. The van der Waals surface area contributed by atoms with E-state index in [4.69, 9.17) is 0 Å². The SMILES string of the molecule is Cc1ccccc1[C@H]1C[C@H]1NC(=O)N[C@H](C)Cc1c(C)nn(C)c1C. The predicted molar refractivity (Wildman–Crippen MR) is 99.8 cm³/mol. The molecule has 5 heteroatoms. The Morgan fingerprint density at radius 1 is 1.32 bits per heavy atom. The number of amides is 2. The van der Waals surface area contributed by atoms with Crippen LogP contribution >= 0.6 is 0 Å². The highest BCUT2D eigenvalue weighted by Gasteiger charge is 2.40. The molecular weight excluding hydrogens is 312 g/mol. The summed E-state index contributed by atoms with van der Waals surface area (Å²) in [5, 5.41) is 10.6. The van der Waals surface area contributed by atoms with Crippen LogP contribution in [0.1, 0.15) is 47.3 Å². The van der Waals surface area contributed by atoms with Crippen LogP contribution in [-0.4, -0.2) is 27.9 Å². The molecule has 2 aromatic rings. The topological polar surface area (TPSA) is 59.0 Å². The first kappa shape index (κ1) is 17.5. The number of nitrogens with zero attached hydrogens (tertiary/aromatic N) is 2. The van der Waals surface area contributed by atoms with Crippen LogP contribution in [0.4, 0.5) is 4.79 Å². The van der Waals surface area contributed by atoms with Crippen molar-refractivity contribution in [3.8, 4) is 0 Å². The molecule has 134 valence electrons. The summed E-state index contributed by atoms with van der Waals surface area (Å²) in [5.74, 6) is 0.449. The molecule has 1 aromatic heterocycles. The molecule has 5 nitrogen and oxygen atoms in total. The second-order valence-corrected chi connectivity index (χ2v) is 7.30. The summed E-state index contributed by atoms with van der Waals surface area (Å²) in [5.41, 5.74) is 6.07. The summed E-state index contributed by atoms with van der Waals surface area (Å²) in [4.78, 5) is 12.3. The Kier molecular flexibility index (Phi) is 4.84. The second kappa shape index (κ2) is 6.90. The van der Waals surface area contributed by atoms with Crippen LogP contribution in [0.2, 0.25) is 0 Å². The van der Waals surface area contributed by atoms with E-state index in [-0.39, 0.29) is 18.1 Å². The number of carbonyl (C=O) groups excluding carboxylic acids is 1. The maximum Gasteiger partial charge on any atom is 0.315 e. The Balaban J connectivity index is 1.51. The maximum atomic E-state index is 12.3. The molecule has 0 bridgehead atoms. The second-order valence-electron chi connectivity index (χ2n) is 7.30. The van der Waals surface area contributed by atoms with Crippen LogP contribution in [0.3, 0.4) is 0 Å². The smallest absolute Gasteiger partial charge is 0.315 e. The van der Waals surface area contributed by atoms with Gasteiger partial charge in [0.15, 0.2) is 0 Å². The zero-order valence-corrected chi connectivity index (χ0v) is 15.8. The number of nitrogens with one attached hydrogen (secondary N) is 2. The van der Waals surface area contributed by atoms with E-state index < -0.39 is 0 Å². The molecule has 1 aliphatic rings. The Labute approximate surface area is 149 Å². The monoisotopic (exact) mass is 340 g/mol. The van der Waals surface area contributed by atoms with Crippen molar-refractivity contribution >= 4 is 6.03 Å². The molecule has 2 N–H and O–H groups in total. The Hall–Kier alpha value is -2.30. The van der Waals surface area contributed by atoms with E-state index in [1.165, 1.54) is 16.7 Å².